The highest BCUT2D eigenvalue weighted by atomic mass is 16.5. The molecule has 0 saturated heterocycles. The van der Waals surface area contributed by atoms with Crippen LogP contribution in [-0.4, -0.2) is 19.0 Å². The second-order valence-electron chi connectivity index (χ2n) is 3.11. The SMILES string of the molecule is CCOc1ccc2c(c1)OCCC2=O. The molecule has 1 aliphatic rings. The van der Waals surface area contributed by atoms with E-state index in [0.29, 0.717) is 30.9 Å². The molecule has 3 nitrogen and oxygen atoms in total. The number of Topliss-reactive ketones (excluding diaryl/α,β-unsaturated/α-hetero) is 1. The van der Waals surface area contributed by atoms with E-state index in [4.69, 9.17) is 9.47 Å². The molecule has 0 atom stereocenters. The number of carbonyl (C=O) groups excluding carboxylic acids is 1. The maximum Gasteiger partial charge on any atom is 0.169 e. The van der Waals surface area contributed by atoms with Crippen LogP contribution >= 0.6 is 0 Å². The molecule has 1 heterocycles. The molecule has 0 saturated carbocycles. The van der Waals surface area contributed by atoms with Gasteiger partial charge in [0, 0.05) is 12.5 Å². The van der Waals surface area contributed by atoms with Gasteiger partial charge in [0.2, 0.25) is 0 Å². The van der Waals surface area contributed by atoms with Crippen molar-refractivity contribution in [3.63, 3.8) is 0 Å². The third-order valence-electron chi connectivity index (χ3n) is 2.15. The lowest BCUT2D eigenvalue weighted by Crippen LogP contribution is -2.15. The van der Waals surface area contributed by atoms with Crippen LogP contribution in [0.25, 0.3) is 0 Å². The van der Waals surface area contributed by atoms with Gasteiger partial charge >= 0.3 is 0 Å². The average molecular weight is 192 g/mol. The Morgan fingerprint density at radius 3 is 3.14 bits per heavy atom. The number of fused-ring (bicyclic) bond motifs is 1. The summed E-state index contributed by atoms with van der Waals surface area (Å²) >= 11 is 0. The summed E-state index contributed by atoms with van der Waals surface area (Å²) in [4.78, 5) is 11.4. The number of carbonyl (C=O) groups is 1. The van der Waals surface area contributed by atoms with Gasteiger partial charge in [0.05, 0.1) is 18.8 Å². The van der Waals surface area contributed by atoms with Gasteiger partial charge in [-0.25, -0.2) is 0 Å². The largest absolute Gasteiger partial charge is 0.494 e. The molecule has 2 rings (SSSR count). The Bertz CT molecular complexity index is 358. The molecule has 0 spiro atoms. The third kappa shape index (κ3) is 1.58. The number of ether oxygens (including phenoxy) is 2. The van der Waals surface area contributed by atoms with E-state index in [1.54, 1.807) is 18.2 Å². The molecule has 0 radical (unpaired) electrons. The highest BCUT2D eigenvalue weighted by Gasteiger charge is 2.18. The van der Waals surface area contributed by atoms with E-state index in [9.17, 15) is 4.79 Å². The van der Waals surface area contributed by atoms with Crippen molar-refractivity contribution in [3.8, 4) is 11.5 Å². The van der Waals surface area contributed by atoms with Crippen LogP contribution in [-0.2, 0) is 0 Å². The van der Waals surface area contributed by atoms with Crippen LogP contribution in [0.3, 0.4) is 0 Å². The molecule has 0 fully saturated rings. The molecule has 0 unspecified atom stereocenters. The van der Waals surface area contributed by atoms with Gasteiger partial charge in [-0.3, -0.25) is 4.79 Å². The molecule has 0 amide bonds. The minimum absolute atomic E-state index is 0.147. The third-order valence-corrected chi connectivity index (χ3v) is 2.15. The minimum Gasteiger partial charge on any atom is -0.494 e. The van der Waals surface area contributed by atoms with Crippen molar-refractivity contribution in [1.29, 1.82) is 0 Å². The molecule has 1 aliphatic heterocycles. The maximum atomic E-state index is 11.4. The zero-order valence-corrected chi connectivity index (χ0v) is 8.08. The second kappa shape index (κ2) is 3.70. The highest BCUT2D eigenvalue weighted by Crippen LogP contribution is 2.28. The second-order valence-corrected chi connectivity index (χ2v) is 3.11. The van der Waals surface area contributed by atoms with Crippen LogP contribution < -0.4 is 9.47 Å². The zero-order chi connectivity index (χ0) is 9.97. The molecule has 74 valence electrons. The Morgan fingerprint density at radius 1 is 1.50 bits per heavy atom. The van der Waals surface area contributed by atoms with Crippen LogP contribution in [0.2, 0.25) is 0 Å². The number of benzene rings is 1. The molecule has 1 aromatic carbocycles. The average Bonchev–Trinajstić information content (AvgIpc) is 2.18. The first-order valence-corrected chi connectivity index (χ1v) is 4.74. The number of hydrogen-bond donors (Lipinski definition) is 0. The van der Waals surface area contributed by atoms with Crippen molar-refractivity contribution in [2.75, 3.05) is 13.2 Å². The van der Waals surface area contributed by atoms with Crippen LogP contribution in [0.4, 0.5) is 0 Å². The van der Waals surface area contributed by atoms with E-state index in [0.717, 1.165) is 5.75 Å². The summed E-state index contributed by atoms with van der Waals surface area (Å²) in [6, 6.07) is 5.34. The lowest BCUT2D eigenvalue weighted by atomic mass is 10.1. The topological polar surface area (TPSA) is 35.5 Å². The summed E-state index contributed by atoms with van der Waals surface area (Å²) < 4.78 is 10.7. The fraction of sp³-hybridized carbons (Fsp3) is 0.364. The van der Waals surface area contributed by atoms with Crippen molar-refractivity contribution in [2.45, 2.75) is 13.3 Å². The summed E-state index contributed by atoms with van der Waals surface area (Å²) in [5.74, 6) is 1.54. The van der Waals surface area contributed by atoms with Gasteiger partial charge < -0.3 is 9.47 Å². The van der Waals surface area contributed by atoms with Crippen molar-refractivity contribution in [1.82, 2.24) is 0 Å². The molecule has 1 aromatic rings. The zero-order valence-electron chi connectivity index (χ0n) is 8.08. The number of hydrogen-bond acceptors (Lipinski definition) is 3. The molecule has 3 heteroatoms. The van der Waals surface area contributed by atoms with Crippen molar-refractivity contribution < 1.29 is 14.3 Å². The van der Waals surface area contributed by atoms with Crippen molar-refractivity contribution in [2.24, 2.45) is 0 Å². The van der Waals surface area contributed by atoms with Crippen LogP contribution in [0, 0.1) is 0 Å². The molecule has 0 bridgehead atoms. The molecule has 14 heavy (non-hydrogen) atoms. The van der Waals surface area contributed by atoms with E-state index in [1.165, 1.54) is 0 Å². The first kappa shape index (κ1) is 9.06. The van der Waals surface area contributed by atoms with Crippen molar-refractivity contribution in [3.05, 3.63) is 23.8 Å². The summed E-state index contributed by atoms with van der Waals surface area (Å²) in [5.41, 5.74) is 0.666. The monoisotopic (exact) mass is 192 g/mol. The predicted octanol–water partition coefficient (Wildman–Crippen LogP) is 2.05. The predicted molar refractivity (Wildman–Crippen MR) is 52.1 cm³/mol. The Labute approximate surface area is 82.6 Å². The maximum absolute atomic E-state index is 11.4. The van der Waals surface area contributed by atoms with Gasteiger partial charge in [0.15, 0.2) is 5.78 Å². The van der Waals surface area contributed by atoms with Gasteiger partial charge in [-0.05, 0) is 19.1 Å². The number of rotatable bonds is 2. The van der Waals surface area contributed by atoms with E-state index >= 15 is 0 Å². The molecular formula is C11H12O3. The summed E-state index contributed by atoms with van der Waals surface area (Å²) in [7, 11) is 0. The van der Waals surface area contributed by atoms with E-state index in [-0.39, 0.29) is 5.78 Å². The van der Waals surface area contributed by atoms with E-state index in [1.807, 2.05) is 6.92 Å². The van der Waals surface area contributed by atoms with Gasteiger partial charge in [0.1, 0.15) is 11.5 Å². The summed E-state index contributed by atoms with van der Waals surface area (Å²) in [5, 5.41) is 0. The lowest BCUT2D eigenvalue weighted by molar-refractivity contribution is 0.0933. The van der Waals surface area contributed by atoms with Gasteiger partial charge in [0.25, 0.3) is 0 Å². The Morgan fingerprint density at radius 2 is 2.36 bits per heavy atom. The molecule has 0 aliphatic carbocycles. The van der Waals surface area contributed by atoms with Crippen molar-refractivity contribution >= 4 is 5.78 Å². The summed E-state index contributed by atoms with van der Waals surface area (Å²) in [6.07, 6.45) is 0.473. The first-order chi connectivity index (χ1) is 6.81. The van der Waals surface area contributed by atoms with Crippen LogP contribution in [0.15, 0.2) is 18.2 Å². The van der Waals surface area contributed by atoms with Gasteiger partial charge in [-0.2, -0.15) is 0 Å². The Kier molecular flexibility index (Phi) is 2.39. The first-order valence-electron chi connectivity index (χ1n) is 4.74. The summed E-state index contributed by atoms with van der Waals surface area (Å²) in [6.45, 7) is 3.01. The van der Waals surface area contributed by atoms with Gasteiger partial charge in [-0.1, -0.05) is 0 Å². The minimum atomic E-state index is 0.147. The van der Waals surface area contributed by atoms with Crippen LogP contribution in [0.5, 0.6) is 11.5 Å². The lowest BCUT2D eigenvalue weighted by Gasteiger charge is -2.16. The molecular weight excluding hydrogens is 180 g/mol. The Balaban J connectivity index is 2.34. The molecule has 0 aromatic heterocycles. The van der Waals surface area contributed by atoms with Crippen LogP contribution in [0.1, 0.15) is 23.7 Å². The highest BCUT2D eigenvalue weighted by molar-refractivity contribution is 5.99. The Hall–Kier alpha value is -1.51. The standard InChI is InChI=1S/C11H12O3/c1-2-13-8-3-4-9-10(12)5-6-14-11(9)7-8/h3-4,7H,2,5-6H2,1H3. The fourth-order valence-electron chi connectivity index (χ4n) is 1.50. The molecule has 0 N–H and O–H groups in total. The normalized spacial score (nSPS) is 14.5. The number of ketones is 1. The van der Waals surface area contributed by atoms with E-state index in [2.05, 4.69) is 0 Å². The quantitative estimate of drug-likeness (QED) is 0.719. The van der Waals surface area contributed by atoms with Gasteiger partial charge in [-0.15, -0.1) is 0 Å². The van der Waals surface area contributed by atoms with E-state index < -0.39 is 0 Å². The smallest absolute Gasteiger partial charge is 0.169 e. The fourth-order valence-corrected chi connectivity index (χ4v) is 1.50.